The summed E-state index contributed by atoms with van der Waals surface area (Å²) < 4.78 is 0. The molecule has 1 amide bonds. The van der Waals surface area contributed by atoms with E-state index in [9.17, 15) is 4.79 Å². The first kappa shape index (κ1) is 13.6. The van der Waals surface area contributed by atoms with E-state index in [2.05, 4.69) is 17.3 Å². The molecule has 0 spiro atoms. The van der Waals surface area contributed by atoms with Gasteiger partial charge in [0.15, 0.2) is 0 Å². The van der Waals surface area contributed by atoms with E-state index in [4.69, 9.17) is 0 Å². The average Bonchev–Trinajstić information content (AvgIpc) is 2.51. The highest BCUT2D eigenvalue weighted by molar-refractivity contribution is 5.94. The lowest BCUT2D eigenvalue weighted by molar-refractivity contribution is 0.0505. The Hall–Kier alpha value is -1.35. The van der Waals surface area contributed by atoms with Gasteiger partial charge in [0, 0.05) is 24.2 Å². The minimum absolute atomic E-state index is 0.0875. The average molecular weight is 272 g/mol. The minimum Gasteiger partial charge on any atom is -0.349 e. The van der Waals surface area contributed by atoms with E-state index in [-0.39, 0.29) is 5.91 Å². The molecule has 3 rings (SSSR count). The van der Waals surface area contributed by atoms with Gasteiger partial charge in [-0.1, -0.05) is 31.0 Å². The van der Waals surface area contributed by atoms with Crippen molar-refractivity contribution in [1.29, 1.82) is 0 Å². The van der Waals surface area contributed by atoms with Crippen LogP contribution in [0.1, 0.15) is 42.5 Å². The van der Waals surface area contributed by atoms with Crippen molar-refractivity contribution >= 4 is 5.91 Å². The largest absolute Gasteiger partial charge is 0.349 e. The molecular weight excluding hydrogens is 248 g/mol. The summed E-state index contributed by atoms with van der Waals surface area (Å²) in [6.07, 6.45) is 6.28. The molecule has 1 N–H and O–H groups in total. The van der Waals surface area contributed by atoms with E-state index in [1.54, 1.807) is 0 Å². The van der Waals surface area contributed by atoms with Crippen LogP contribution in [-0.4, -0.2) is 36.5 Å². The van der Waals surface area contributed by atoms with Crippen molar-refractivity contribution in [2.75, 3.05) is 13.6 Å². The highest BCUT2D eigenvalue weighted by Gasteiger charge is 2.38. The van der Waals surface area contributed by atoms with E-state index in [1.807, 2.05) is 30.3 Å². The van der Waals surface area contributed by atoms with Crippen LogP contribution >= 0.6 is 0 Å². The Morgan fingerprint density at radius 1 is 1.15 bits per heavy atom. The van der Waals surface area contributed by atoms with Crippen LogP contribution in [0.4, 0.5) is 0 Å². The third-order valence-electron chi connectivity index (χ3n) is 5.01. The fourth-order valence-corrected chi connectivity index (χ4v) is 3.90. The zero-order valence-corrected chi connectivity index (χ0v) is 12.2. The molecule has 1 aliphatic heterocycles. The normalized spacial score (nSPS) is 30.6. The van der Waals surface area contributed by atoms with Gasteiger partial charge in [0.25, 0.3) is 5.91 Å². The second kappa shape index (κ2) is 5.96. The highest BCUT2D eigenvalue weighted by atomic mass is 16.1. The van der Waals surface area contributed by atoms with Gasteiger partial charge >= 0.3 is 0 Å². The summed E-state index contributed by atoms with van der Waals surface area (Å²) >= 11 is 0. The number of benzene rings is 1. The number of nitrogens with one attached hydrogen (secondary N) is 1. The number of piperidine rings is 1. The van der Waals surface area contributed by atoms with Crippen LogP contribution in [0, 0.1) is 5.92 Å². The molecular formula is C17H24N2O. The number of rotatable bonds is 2. The van der Waals surface area contributed by atoms with Crippen molar-refractivity contribution in [2.24, 2.45) is 5.92 Å². The van der Waals surface area contributed by atoms with Gasteiger partial charge in [-0.2, -0.15) is 0 Å². The molecule has 1 aromatic carbocycles. The molecule has 1 saturated heterocycles. The summed E-state index contributed by atoms with van der Waals surface area (Å²) in [5, 5.41) is 3.29. The predicted molar refractivity (Wildman–Crippen MR) is 80.7 cm³/mol. The number of hydrogen-bond donors (Lipinski definition) is 1. The van der Waals surface area contributed by atoms with Gasteiger partial charge in [-0.15, -0.1) is 0 Å². The van der Waals surface area contributed by atoms with Crippen LogP contribution in [0.5, 0.6) is 0 Å². The van der Waals surface area contributed by atoms with Crippen LogP contribution in [-0.2, 0) is 0 Å². The van der Waals surface area contributed by atoms with Crippen molar-refractivity contribution in [3.8, 4) is 0 Å². The lowest BCUT2D eigenvalue weighted by Gasteiger charge is -2.46. The standard InChI is InChI=1S/C17H24N2O/c1-19-12-11-15(14-9-5-6-10-16(14)19)18-17(20)13-7-3-2-4-8-13/h2-4,7-8,14-16H,5-6,9-12H2,1H3,(H,18,20)/t14-,15+,16-/m1/s1. The predicted octanol–water partition coefficient (Wildman–Crippen LogP) is 2.68. The van der Waals surface area contributed by atoms with Gasteiger partial charge in [-0.05, 0) is 44.4 Å². The van der Waals surface area contributed by atoms with Crippen molar-refractivity contribution in [3.63, 3.8) is 0 Å². The number of carbonyl (C=O) groups excluding carboxylic acids is 1. The Bertz CT molecular complexity index is 459. The maximum Gasteiger partial charge on any atom is 0.251 e. The summed E-state index contributed by atoms with van der Waals surface area (Å²) in [6, 6.07) is 10.6. The molecule has 3 atom stereocenters. The number of amides is 1. The van der Waals surface area contributed by atoms with E-state index in [0.717, 1.165) is 18.5 Å². The number of likely N-dealkylation sites (tertiary alicyclic amines) is 1. The lowest BCUT2D eigenvalue weighted by Crippen LogP contribution is -2.56. The van der Waals surface area contributed by atoms with E-state index in [1.165, 1.54) is 25.7 Å². The lowest BCUT2D eigenvalue weighted by atomic mass is 9.75. The molecule has 0 radical (unpaired) electrons. The molecule has 0 bridgehead atoms. The molecule has 1 aromatic rings. The molecule has 1 heterocycles. The number of hydrogen-bond acceptors (Lipinski definition) is 2. The van der Waals surface area contributed by atoms with E-state index < -0.39 is 0 Å². The fraction of sp³-hybridized carbons (Fsp3) is 0.588. The fourth-order valence-electron chi connectivity index (χ4n) is 3.90. The summed E-state index contributed by atoms with van der Waals surface area (Å²) in [6.45, 7) is 1.10. The third-order valence-corrected chi connectivity index (χ3v) is 5.01. The minimum atomic E-state index is 0.0875. The monoisotopic (exact) mass is 272 g/mol. The SMILES string of the molecule is CN1CC[C@H](NC(=O)c2ccccc2)[C@H]2CCCC[C@H]21. The van der Waals surface area contributed by atoms with Crippen LogP contribution in [0.25, 0.3) is 0 Å². The summed E-state index contributed by atoms with van der Waals surface area (Å²) in [4.78, 5) is 14.8. The zero-order chi connectivity index (χ0) is 13.9. The second-order valence-corrected chi connectivity index (χ2v) is 6.23. The Morgan fingerprint density at radius 3 is 2.70 bits per heavy atom. The molecule has 1 aliphatic carbocycles. The molecule has 2 fully saturated rings. The molecule has 3 nitrogen and oxygen atoms in total. The summed E-state index contributed by atoms with van der Waals surface area (Å²) in [5.41, 5.74) is 0.777. The van der Waals surface area contributed by atoms with Crippen LogP contribution in [0.3, 0.4) is 0 Å². The van der Waals surface area contributed by atoms with E-state index in [0.29, 0.717) is 18.0 Å². The molecule has 0 unspecified atom stereocenters. The van der Waals surface area contributed by atoms with Gasteiger partial charge < -0.3 is 10.2 Å². The number of nitrogens with zero attached hydrogens (tertiary/aromatic N) is 1. The molecule has 108 valence electrons. The topological polar surface area (TPSA) is 32.3 Å². The molecule has 2 aliphatic rings. The Balaban J connectivity index is 1.69. The molecule has 1 saturated carbocycles. The first-order valence-electron chi connectivity index (χ1n) is 7.82. The third kappa shape index (κ3) is 2.73. The van der Waals surface area contributed by atoms with Crippen molar-refractivity contribution in [1.82, 2.24) is 10.2 Å². The summed E-state index contributed by atoms with van der Waals surface area (Å²) in [7, 11) is 2.23. The summed E-state index contributed by atoms with van der Waals surface area (Å²) in [5.74, 6) is 0.722. The Labute approximate surface area is 121 Å². The number of carbonyl (C=O) groups is 1. The zero-order valence-electron chi connectivity index (χ0n) is 12.2. The molecule has 20 heavy (non-hydrogen) atoms. The van der Waals surface area contributed by atoms with Gasteiger partial charge in [-0.25, -0.2) is 0 Å². The highest BCUT2D eigenvalue weighted by Crippen LogP contribution is 2.34. The van der Waals surface area contributed by atoms with Crippen LogP contribution in [0.15, 0.2) is 30.3 Å². The first-order chi connectivity index (χ1) is 9.75. The van der Waals surface area contributed by atoms with Gasteiger partial charge in [-0.3, -0.25) is 4.79 Å². The van der Waals surface area contributed by atoms with Crippen molar-refractivity contribution in [3.05, 3.63) is 35.9 Å². The Kier molecular flexibility index (Phi) is 4.06. The van der Waals surface area contributed by atoms with Gasteiger partial charge in [0.1, 0.15) is 0 Å². The van der Waals surface area contributed by atoms with Crippen LogP contribution < -0.4 is 5.32 Å². The maximum atomic E-state index is 12.3. The van der Waals surface area contributed by atoms with Gasteiger partial charge in [0.2, 0.25) is 0 Å². The molecule has 3 heteroatoms. The van der Waals surface area contributed by atoms with Crippen molar-refractivity contribution in [2.45, 2.75) is 44.2 Å². The maximum absolute atomic E-state index is 12.3. The number of fused-ring (bicyclic) bond motifs is 1. The smallest absolute Gasteiger partial charge is 0.251 e. The van der Waals surface area contributed by atoms with Crippen molar-refractivity contribution < 1.29 is 4.79 Å². The van der Waals surface area contributed by atoms with Gasteiger partial charge in [0.05, 0.1) is 0 Å². The van der Waals surface area contributed by atoms with Crippen LogP contribution in [0.2, 0.25) is 0 Å². The first-order valence-corrected chi connectivity index (χ1v) is 7.82. The molecule has 0 aromatic heterocycles. The Morgan fingerprint density at radius 2 is 1.90 bits per heavy atom. The quantitative estimate of drug-likeness (QED) is 0.897. The van der Waals surface area contributed by atoms with E-state index >= 15 is 0 Å². The second-order valence-electron chi connectivity index (χ2n) is 6.23.